The monoisotopic (exact) mass is 167 g/mol. The second-order valence-electron chi connectivity index (χ2n) is 2.17. The summed E-state index contributed by atoms with van der Waals surface area (Å²) in [6.07, 6.45) is 0. The first-order valence-corrected chi connectivity index (χ1v) is 4.16. The van der Waals surface area contributed by atoms with Gasteiger partial charge in [0, 0.05) is 12.8 Å². The Morgan fingerprint density at radius 3 is 2.08 bits per heavy atom. The van der Waals surface area contributed by atoms with Crippen molar-refractivity contribution in [1.29, 1.82) is 0 Å². The largest absolute Gasteiger partial charge is 0.399 e. The van der Waals surface area contributed by atoms with Gasteiger partial charge in [0.1, 0.15) is 0 Å². The van der Waals surface area contributed by atoms with Crippen molar-refractivity contribution in [1.82, 2.24) is 0 Å². The summed E-state index contributed by atoms with van der Waals surface area (Å²) < 4.78 is 4.93. The Bertz CT molecular complexity index is 193. The van der Waals surface area contributed by atoms with Gasteiger partial charge in [-0.1, -0.05) is 26.0 Å². The summed E-state index contributed by atoms with van der Waals surface area (Å²) in [7, 11) is 1.68. The Morgan fingerprint density at radius 1 is 1.17 bits per heavy atom. The molecule has 0 aliphatic rings. The van der Waals surface area contributed by atoms with Crippen LogP contribution in [0.25, 0.3) is 0 Å². The molecule has 0 saturated heterocycles. The first-order valence-electron chi connectivity index (χ1n) is 4.16. The van der Waals surface area contributed by atoms with Crippen molar-refractivity contribution in [3.8, 4) is 0 Å². The molecule has 1 aromatic rings. The first kappa shape index (κ1) is 11.0. The molecule has 0 saturated carbocycles. The highest BCUT2D eigenvalue weighted by Crippen LogP contribution is 2.05. The van der Waals surface area contributed by atoms with E-state index in [1.165, 1.54) is 0 Å². The maximum absolute atomic E-state index is 5.48. The molecule has 1 aromatic carbocycles. The molecule has 2 nitrogen and oxygen atoms in total. The zero-order valence-corrected chi connectivity index (χ0v) is 8.00. The smallest absolute Gasteiger partial charge is 0.0713 e. The maximum atomic E-state index is 5.48. The van der Waals surface area contributed by atoms with Crippen LogP contribution < -0.4 is 5.73 Å². The number of ether oxygens (including phenoxy) is 1. The van der Waals surface area contributed by atoms with Crippen LogP contribution in [0.2, 0.25) is 0 Å². The number of nitrogens with two attached hydrogens (primary N) is 1. The second-order valence-corrected chi connectivity index (χ2v) is 2.17. The Kier molecular flexibility index (Phi) is 6.11. The molecule has 0 aliphatic heterocycles. The van der Waals surface area contributed by atoms with Crippen LogP contribution in [0.5, 0.6) is 0 Å². The van der Waals surface area contributed by atoms with Gasteiger partial charge in [0.15, 0.2) is 0 Å². The molecule has 0 heterocycles. The van der Waals surface area contributed by atoms with E-state index in [2.05, 4.69) is 0 Å². The second kappa shape index (κ2) is 6.68. The van der Waals surface area contributed by atoms with Crippen LogP contribution in [-0.4, -0.2) is 7.11 Å². The number of benzene rings is 1. The van der Waals surface area contributed by atoms with Gasteiger partial charge in [-0.05, 0) is 17.7 Å². The van der Waals surface area contributed by atoms with E-state index in [4.69, 9.17) is 10.5 Å². The summed E-state index contributed by atoms with van der Waals surface area (Å²) in [6.45, 7) is 4.65. The van der Waals surface area contributed by atoms with Gasteiger partial charge in [0.05, 0.1) is 6.61 Å². The fraction of sp³-hybridized carbons (Fsp3) is 0.400. The third-order valence-electron chi connectivity index (χ3n) is 1.29. The van der Waals surface area contributed by atoms with E-state index in [1.54, 1.807) is 7.11 Å². The first-order chi connectivity index (χ1) is 5.83. The molecule has 1 rings (SSSR count). The van der Waals surface area contributed by atoms with E-state index in [0.717, 1.165) is 11.3 Å². The lowest BCUT2D eigenvalue weighted by Crippen LogP contribution is -1.88. The summed E-state index contributed by atoms with van der Waals surface area (Å²) in [4.78, 5) is 0. The summed E-state index contributed by atoms with van der Waals surface area (Å²) in [5, 5.41) is 0. The number of methoxy groups -OCH3 is 1. The van der Waals surface area contributed by atoms with Crippen LogP contribution in [-0.2, 0) is 11.3 Å². The third-order valence-corrected chi connectivity index (χ3v) is 1.29. The van der Waals surface area contributed by atoms with Crippen LogP contribution in [0.4, 0.5) is 5.69 Å². The van der Waals surface area contributed by atoms with Gasteiger partial charge in [-0.2, -0.15) is 0 Å². The highest BCUT2D eigenvalue weighted by atomic mass is 16.5. The molecule has 0 aromatic heterocycles. The normalized spacial score (nSPS) is 8.58. The quantitative estimate of drug-likeness (QED) is 0.687. The van der Waals surface area contributed by atoms with Crippen LogP contribution in [0, 0.1) is 0 Å². The predicted octanol–water partition coefficient (Wildman–Crippen LogP) is 2.44. The average Bonchev–Trinajstić information content (AvgIpc) is 2.13. The molecule has 0 spiro atoms. The number of hydrogen-bond acceptors (Lipinski definition) is 2. The van der Waals surface area contributed by atoms with Gasteiger partial charge < -0.3 is 10.5 Å². The van der Waals surface area contributed by atoms with Gasteiger partial charge >= 0.3 is 0 Å². The lowest BCUT2D eigenvalue weighted by atomic mass is 10.2. The van der Waals surface area contributed by atoms with E-state index in [1.807, 2.05) is 38.1 Å². The zero-order valence-electron chi connectivity index (χ0n) is 8.00. The van der Waals surface area contributed by atoms with E-state index in [-0.39, 0.29) is 0 Å². The number of nitrogen functional groups attached to an aromatic ring is 1. The molecule has 2 heteroatoms. The van der Waals surface area contributed by atoms with E-state index in [9.17, 15) is 0 Å². The highest BCUT2D eigenvalue weighted by Gasteiger charge is 1.88. The predicted molar refractivity (Wildman–Crippen MR) is 52.9 cm³/mol. The molecular weight excluding hydrogens is 150 g/mol. The van der Waals surface area contributed by atoms with E-state index >= 15 is 0 Å². The SMILES string of the molecule is CC.COCc1ccc(N)cc1. The minimum absolute atomic E-state index is 0.653. The third kappa shape index (κ3) is 3.98. The topological polar surface area (TPSA) is 35.2 Å². The van der Waals surface area contributed by atoms with E-state index in [0.29, 0.717) is 6.61 Å². The van der Waals surface area contributed by atoms with Crippen molar-refractivity contribution in [2.75, 3.05) is 12.8 Å². The van der Waals surface area contributed by atoms with Crippen molar-refractivity contribution in [2.24, 2.45) is 0 Å². The molecule has 0 aliphatic carbocycles. The Morgan fingerprint density at radius 2 is 1.67 bits per heavy atom. The van der Waals surface area contributed by atoms with Crippen molar-refractivity contribution >= 4 is 5.69 Å². The molecule has 0 atom stereocenters. The lowest BCUT2D eigenvalue weighted by Gasteiger charge is -1.98. The molecular formula is C10H17NO. The fourth-order valence-corrected chi connectivity index (χ4v) is 0.781. The maximum Gasteiger partial charge on any atom is 0.0713 e. The van der Waals surface area contributed by atoms with Gasteiger partial charge in [-0.25, -0.2) is 0 Å². The molecule has 0 unspecified atom stereocenters. The Labute approximate surface area is 74.4 Å². The minimum Gasteiger partial charge on any atom is -0.399 e. The fourth-order valence-electron chi connectivity index (χ4n) is 0.781. The Hall–Kier alpha value is -1.02. The van der Waals surface area contributed by atoms with Crippen LogP contribution >= 0.6 is 0 Å². The molecule has 0 amide bonds. The molecule has 12 heavy (non-hydrogen) atoms. The minimum atomic E-state index is 0.653. The average molecular weight is 167 g/mol. The van der Waals surface area contributed by atoms with Gasteiger partial charge in [-0.3, -0.25) is 0 Å². The number of hydrogen-bond donors (Lipinski definition) is 1. The van der Waals surface area contributed by atoms with Crippen LogP contribution in [0.3, 0.4) is 0 Å². The van der Waals surface area contributed by atoms with Crippen LogP contribution in [0.1, 0.15) is 19.4 Å². The van der Waals surface area contributed by atoms with Crippen molar-refractivity contribution in [3.63, 3.8) is 0 Å². The molecule has 2 N–H and O–H groups in total. The van der Waals surface area contributed by atoms with Gasteiger partial charge in [0.2, 0.25) is 0 Å². The van der Waals surface area contributed by atoms with Crippen molar-refractivity contribution < 1.29 is 4.74 Å². The molecule has 0 bridgehead atoms. The van der Waals surface area contributed by atoms with Gasteiger partial charge in [-0.15, -0.1) is 0 Å². The lowest BCUT2D eigenvalue weighted by molar-refractivity contribution is 0.185. The number of anilines is 1. The van der Waals surface area contributed by atoms with Crippen LogP contribution in [0.15, 0.2) is 24.3 Å². The van der Waals surface area contributed by atoms with Gasteiger partial charge in [0.25, 0.3) is 0 Å². The summed E-state index contributed by atoms with van der Waals surface area (Å²) in [6, 6.07) is 7.65. The van der Waals surface area contributed by atoms with Crippen molar-refractivity contribution in [3.05, 3.63) is 29.8 Å². The zero-order chi connectivity index (χ0) is 9.40. The standard InChI is InChI=1S/C8H11NO.C2H6/c1-10-6-7-2-4-8(9)5-3-7;1-2/h2-5H,6,9H2,1H3;1-2H3. The van der Waals surface area contributed by atoms with E-state index < -0.39 is 0 Å². The molecule has 0 radical (unpaired) electrons. The summed E-state index contributed by atoms with van der Waals surface area (Å²) in [5.74, 6) is 0. The number of rotatable bonds is 2. The summed E-state index contributed by atoms with van der Waals surface area (Å²) >= 11 is 0. The molecule has 68 valence electrons. The highest BCUT2D eigenvalue weighted by molar-refractivity contribution is 5.38. The molecule has 0 fully saturated rings. The summed E-state index contributed by atoms with van der Waals surface area (Å²) in [5.41, 5.74) is 7.42. The van der Waals surface area contributed by atoms with Crippen molar-refractivity contribution in [2.45, 2.75) is 20.5 Å². The Balaban J connectivity index is 0.000000561.